The molecule has 0 aliphatic heterocycles. The Balaban J connectivity index is 2.89. The molecular weight excluding hydrogens is 176 g/mol. The van der Waals surface area contributed by atoms with E-state index in [2.05, 4.69) is 20.3 Å². The smallest absolute Gasteiger partial charge is 0.344 e. The highest BCUT2D eigenvalue weighted by Crippen LogP contribution is 1.94. The summed E-state index contributed by atoms with van der Waals surface area (Å²) in [5, 5.41) is 6.77. The topological polar surface area (TPSA) is 120 Å². The zero-order valence-corrected chi connectivity index (χ0v) is 6.26. The second-order valence-electron chi connectivity index (χ2n) is 2.25. The highest BCUT2D eigenvalue weighted by molar-refractivity contribution is 5.76. The molecule has 0 aliphatic rings. The lowest BCUT2D eigenvalue weighted by molar-refractivity contribution is 0.246. The molecule has 0 saturated carbocycles. The van der Waals surface area contributed by atoms with Gasteiger partial charge in [0.25, 0.3) is 0 Å². The first kappa shape index (κ1) is 7.40. The minimum atomic E-state index is -0.978. The van der Waals surface area contributed by atoms with Crippen molar-refractivity contribution in [1.29, 1.82) is 0 Å². The van der Waals surface area contributed by atoms with E-state index in [1.807, 2.05) is 0 Å². The lowest BCUT2D eigenvalue weighted by Gasteiger charge is -1.94. The minimum absolute atomic E-state index is 0.105. The number of fused-ring (bicyclic) bond motifs is 1. The van der Waals surface area contributed by atoms with E-state index in [0.717, 1.165) is 0 Å². The molecule has 0 unspecified atom stereocenters. The molecule has 8 nitrogen and oxygen atoms in total. The highest BCUT2D eigenvalue weighted by atomic mass is 16.2. The zero-order valence-electron chi connectivity index (χ0n) is 6.26. The van der Waals surface area contributed by atoms with Crippen molar-refractivity contribution in [2.75, 3.05) is 0 Å². The number of primary amides is 1. The Labute approximate surface area is 70.4 Å². The fourth-order valence-electron chi connectivity index (χ4n) is 0.898. The summed E-state index contributed by atoms with van der Waals surface area (Å²) < 4.78 is 0.459. The van der Waals surface area contributed by atoms with Crippen LogP contribution in [0.4, 0.5) is 4.79 Å². The Morgan fingerprint density at radius 2 is 2.38 bits per heavy atom. The third-order valence-electron chi connectivity index (χ3n) is 1.46. The van der Waals surface area contributed by atoms with Crippen LogP contribution >= 0.6 is 0 Å². The number of nitrogens with zero attached hydrogens (tertiary/aromatic N) is 4. The molecule has 3 N–H and O–H groups in total. The Morgan fingerprint density at radius 1 is 1.62 bits per heavy atom. The lowest BCUT2D eigenvalue weighted by Crippen LogP contribution is -2.34. The van der Waals surface area contributed by atoms with Gasteiger partial charge in [0.05, 0.1) is 6.33 Å². The molecular formula is C5H4N6O2. The van der Waals surface area contributed by atoms with Gasteiger partial charge in [-0.15, -0.1) is 9.78 Å². The fourth-order valence-corrected chi connectivity index (χ4v) is 0.898. The zero-order chi connectivity index (χ0) is 9.42. The Kier molecular flexibility index (Phi) is 1.35. The van der Waals surface area contributed by atoms with Crippen LogP contribution in [0.25, 0.3) is 11.2 Å². The second-order valence-corrected chi connectivity index (χ2v) is 2.25. The van der Waals surface area contributed by atoms with Crippen LogP contribution in [0.1, 0.15) is 0 Å². The van der Waals surface area contributed by atoms with E-state index in [0.29, 0.717) is 4.68 Å². The number of aromatic nitrogens is 5. The van der Waals surface area contributed by atoms with Crippen LogP contribution in [0.15, 0.2) is 11.1 Å². The first-order valence-electron chi connectivity index (χ1n) is 3.29. The molecule has 8 heteroatoms. The maximum Gasteiger partial charge on any atom is 0.344 e. The van der Waals surface area contributed by atoms with Crippen LogP contribution < -0.4 is 11.3 Å². The standard InChI is InChI=1S/C5H4N6O2/c6-5(13)11-4(12)2-3(9-10-11)8-1-7-2/h1H,(H2,6,13)(H,7,8). The number of H-pyrrole nitrogens is 1. The first-order chi connectivity index (χ1) is 6.20. The van der Waals surface area contributed by atoms with Gasteiger partial charge in [-0.25, -0.2) is 9.78 Å². The lowest BCUT2D eigenvalue weighted by atomic mass is 10.6. The maximum atomic E-state index is 11.3. The van der Waals surface area contributed by atoms with Crippen molar-refractivity contribution in [3.05, 3.63) is 16.7 Å². The summed E-state index contributed by atoms with van der Waals surface area (Å²) in [7, 11) is 0. The molecule has 0 radical (unpaired) electrons. The normalized spacial score (nSPS) is 10.5. The van der Waals surface area contributed by atoms with Gasteiger partial charge in [-0.3, -0.25) is 4.79 Å². The van der Waals surface area contributed by atoms with Gasteiger partial charge >= 0.3 is 11.6 Å². The maximum absolute atomic E-state index is 11.3. The molecule has 13 heavy (non-hydrogen) atoms. The van der Waals surface area contributed by atoms with Gasteiger partial charge < -0.3 is 10.7 Å². The van der Waals surface area contributed by atoms with Crippen molar-refractivity contribution in [3.63, 3.8) is 0 Å². The second kappa shape index (κ2) is 2.37. The monoisotopic (exact) mass is 180 g/mol. The van der Waals surface area contributed by atoms with Crippen molar-refractivity contribution in [2.45, 2.75) is 0 Å². The average Bonchev–Trinajstić information content (AvgIpc) is 2.52. The molecule has 0 aromatic carbocycles. The van der Waals surface area contributed by atoms with Gasteiger partial charge in [0, 0.05) is 0 Å². The van der Waals surface area contributed by atoms with Crippen LogP contribution in [-0.4, -0.2) is 31.0 Å². The number of rotatable bonds is 0. The number of hydrogen-bond donors (Lipinski definition) is 2. The third kappa shape index (κ3) is 0.956. The molecule has 2 aromatic heterocycles. The Hall–Kier alpha value is -2.25. The molecule has 66 valence electrons. The van der Waals surface area contributed by atoms with Gasteiger partial charge in [0.15, 0.2) is 5.52 Å². The molecule has 0 saturated heterocycles. The van der Waals surface area contributed by atoms with Crippen molar-refractivity contribution < 1.29 is 4.79 Å². The van der Waals surface area contributed by atoms with Gasteiger partial charge in [-0.1, -0.05) is 5.21 Å². The molecule has 2 aromatic rings. The average molecular weight is 180 g/mol. The number of carbonyl (C=O) groups excluding carboxylic acids is 1. The summed E-state index contributed by atoms with van der Waals surface area (Å²) in [4.78, 5) is 28.2. The van der Waals surface area contributed by atoms with E-state index in [9.17, 15) is 9.59 Å². The number of nitrogens with two attached hydrogens (primary N) is 1. The minimum Gasteiger partial charge on any atom is -0.350 e. The summed E-state index contributed by atoms with van der Waals surface area (Å²) in [5.74, 6) is 0. The van der Waals surface area contributed by atoms with Gasteiger partial charge in [0.1, 0.15) is 0 Å². The number of hydrogen-bond acceptors (Lipinski definition) is 5. The molecule has 0 bridgehead atoms. The molecule has 2 heterocycles. The van der Waals surface area contributed by atoms with Gasteiger partial charge in [0.2, 0.25) is 5.65 Å². The van der Waals surface area contributed by atoms with Crippen LogP contribution in [0, 0.1) is 0 Å². The van der Waals surface area contributed by atoms with Crippen molar-refractivity contribution in [2.24, 2.45) is 5.73 Å². The van der Waals surface area contributed by atoms with Crippen LogP contribution in [-0.2, 0) is 0 Å². The molecule has 2 rings (SSSR count). The number of aromatic amines is 1. The predicted molar refractivity (Wildman–Crippen MR) is 40.9 cm³/mol. The summed E-state index contributed by atoms with van der Waals surface area (Å²) in [6.07, 6.45) is 1.28. The Morgan fingerprint density at radius 3 is 3.08 bits per heavy atom. The molecule has 0 spiro atoms. The van der Waals surface area contributed by atoms with Crippen molar-refractivity contribution >= 4 is 17.2 Å². The summed E-state index contributed by atoms with van der Waals surface area (Å²) >= 11 is 0. The summed E-state index contributed by atoms with van der Waals surface area (Å²) in [6, 6.07) is -0.978. The first-order valence-corrected chi connectivity index (χ1v) is 3.29. The largest absolute Gasteiger partial charge is 0.350 e. The quantitative estimate of drug-likeness (QED) is 0.508. The molecule has 0 atom stereocenters. The van der Waals surface area contributed by atoms with Gasteiger partial charge in [-0.2, -0.15) is 0 Å². The number of imidazole rings is 1. The molecule has 1 amide bonds. The fraction of sp³-hybridized carbons (Fsp3) is 0. The van der Waals surface area contributed by atoms with Crippen LogP contribution in [0.3, 0.4) is 0 Å². The van der Waals surface area contributed by atoms with Crippen molar-refractivity contribution in [1.82, 2.24) is 25.0 Å². The van der Waals surface area contributed by atoms with Gasteiger partial charge in [-0.05, 0) is 0 Å². The van der Waals surface area contributed by atoms with E-state index in [-0.39, 0.29) is 11.2 Å². The van der Waals surface area contributed by atoms with Crippen LogP contribution in [0.5, 0.6) is 0 Å². The van der Waals surface area contributed by atoms with E-state index in [1.54, 1.807) is 0 Å². The van der Waals surface area contributed by atoms with E-state index in [1.165, 1.54) is 6.33 Å². The van der Waals surface area contributed by atoms with E-state index in [4.69, 9.17) is 5.73 Å². The SMILES string of the molecule is NC(=O)n1nnc2nc[nH]c2c1=O. The Bertz CT molecular complexity index is 525. The molecule has 0 fully saturated rings. The van der Waals surface area contributed by atoms with E-state index >= 15 is 0 Å². The highest BCUT2D eigenvalue weighted by Gasteiger charge is 2.09. The third-order valence-corrected chi connectivity index (χ3v) is 1.46. The van der Waals surface area contributed by atoms with Crippen molar-refractivity contribution in [3.8, 4) is 0 Å². The summed E-state index contributed by atoms with van der Waals surface area (Å²) in [6.45, 7) is 0. The number of nitrogens with one attached hydrogen (secondary N) is 1. The predicted octanol–water partition coefficient (Wildman–Crippen LogP) is -1.56. The van der Waals surface area contributed by atoms with Crippen LogP contribution in [0.2, 0.25) is 0 Å². The summed E-state index contributed by atoms with van der Waals surface area (Å²) in [5.41, 5.74) is 4.46. The molecule has 0 aliphatic carbocycles. The number of carbonyl (C=O) groups is 1. The van der Waals surface area contributed by atoms with E-state index < -0.39 is 11.6 Å². The number of amides is 1.